The maximum atomic E-state index is 12.7. The summed E-state index contributed by atoms with van der Waals surface area (Å²) in [6, 6.07) is 10.4. The van der Waals surface area contributed by atoms with Gasteiger partial charge in [0.2, 0.25) is 0 Å². The van der Waals surface area contributed by atoms with Crippen molar-refractivity contribution in [3.63, 3.8) is 0 Å². The molecule has 1 aromatic heterocycles. The number of para-hydroxylation sites is 2. The van der Waals surface area contributed by atoms with Crippen molar-refractivity contribution in [3.05, 3.63) is 54.4 Å². The summed E-state index contributed by atoms with van der Waals surface area (Å²) in [6.07, 6.45) is 3.06. The number of carbonyl (C=O) groups is 1. The zero-order valence-electron chi connectivity index (χ0n) is 14.0. The smallest absolute Gasteiger partial charge is 0.329 e. The number of rotatable bonds is 4. The number of anilines is 1. The van der Waals surface area contributed by atoms with Gasteiger partial charge in [0.15, 0.2) is 0 Å². The highest BCUT2D eigenvalue weighted by Crippen LogP contribution is 2.33. The van der Waals surface area contributed by atoms with Gasteiger partial charge < -0.3 is 14.8 Å². The second kappa shape index (κ2) is 7.48. The van der Waals surface area contributed by atoms with Crippen LogP contribution in [0.1, 0.15) is 25.5 Å². The van der Waals surface area contributed by atoms with E-state index in [2.05, 4.69) is 10.3 Å². The quantitative estimate of drug-likeness (QED) is 0.844. The van der Waals surface area contributed by atoms with Crippen molar-refractivity contribution in [2.24, 2.45) is 0 Å². The maximum Gasteiger partial charge on any atom is 0.329 e. The van der Waals surface area contributed by atoms with Gasteiger partial charge in [0.05, 0.1) is 18.3 Å². The van der Waals surface area contributed by atoms with E-state index in [1.54, 1.807) is 24.5 Å². The van der Waals surface area contributed by atoms with Crippen LogP contribution in [0.2, 0.25) is 0 Å². The van der Waals surface area contributed by atoms with Crippen molar-refractivity contribution < 1.29 is 14.3 Å². The fourth-order valence-electron chi connectivity index (χ4n) is 2.76. The van der Waals surface area contributed by atoms with Crippen molar-refractivity contribution in [1.82, 2.24) is 9.88 Å². The molecule has 6 nitrogen and oxygen atoms in total. The number of hydrogen-bond donors (Lipinski definition) is 1. The lowest BCUT2D eigenvalue weighted by Gasteiger charge is -2.21. The Hall–Kier alpha value is -2.67. The van der Waals surface area contributed by atoms with Crippen LogP contribution in [0, 0.1) is 0 Å². The molecule has 0 bridgehead atoms. The molecule has 2 heterocycles. The Labute approximate surface area is 151 Å². The average molecular weight is 357 g/mol. The number of thiocarbonyl (C=S) groups is 1. The van der Waals surface area contributed by atoms with Gasteiger partial charge in [-0.3, -0.25) is 4.98 Å². The molecule has 0 spiro atoms. The molecule has 3 rings (SSSR count). The molecule has 1 aromatic carbocycles. The largest absolute Gasteiger partial charge is 0.492 e. The summed E-state index contributed by atoms with van der Waals surface area (Å²) in [5.74, 6) is 0.614. The number of aromatic nitrogens is 1. The lowest BCUT2D eigenvalue weighted by Crippen LogP contribution is -2.40. The fraction of sp³-hybridized carbons (Fsp3) is 0.278. The molecule has 25 heavy (non-hydrogen) atoms. The highest BCUT2D eigenvalue weighted by Gasteiger charge is 2.41. The van der Waals surface area contributed by atoms with Crippen LogP contribution in [-0.4, -0.2) is 33.7 Å². The van der Waals surface area contributed by atoms with Crippen LogP contribution < -0.4 is 10.1 Å². The normalized spacial score (nSPS) is 19.4. The van der Waals surface area contributed by atoms with Crippen LogP contribution in [-0.2, 0) is 4.74 Å². The second-order valence-corrected chi connectivity index (χ2v) is 5.90. The Bertz CT molecular complexity index is 769. The van der Waals surface area contributed by atoms with Crippen LogP contribution >= 0.6 is 12.2 Å². The first-order valence-electron chi connectivity index (χ1n) is 8.04. The number of urea groups is 1. The van der Waals surface area contributed by atoms with E-state index in [4.69, 9.17) is 21.7 Å². The third-order valence-corrected chi connectivity index (χ3v) is 4.24. The Morgan fingerprint density at radius 3 is 2.76 bits per heavy atom. The van der Waals surface area contributed by atoms with E-state index in [1.807, 2.05) is 38.1 Å². The molecule has 2 aromatic rings. The molecule has 1 aliphatic rings. The number of amides is 2. The van der Waals surface area contributed by atoms with Crippen molar-refractivity contribution in [2.75, 3.05) is 11.9 Å². The molecule has 0 radical (unpaired) electrons. The molecule has 0 aliphatic carbocycles. The third-order valence-electron chi connectivity index (χ3n) is 3.95. The molecule has 2 atom stereocenters. The molecule has 1 N–H and O–H groups in total. The van der Waals surface area contributed by atoms with Crippen LogP contribution in [0.4, 0.5) is 10.5 Å². The first-order chi connectivity index (χ1) is 12.1. The number of pyridine rings is 1. The zero-order valence-corrected chi connectivity index (χ0v) is 14.8. The van der Waals surface area contributed by atoms with E-state index in [9.17, 15) is 4.79 Å². The Balaban J connectivity index is 1.77. The van der Waals surface area contributed by atoms with Gasteiger partial charge in [0.25, 0.3) is 5.17 Å². The summed E-state index contributed by atoms with van der Waals surface area (Å²) in [4.78, 5) is 18.2. The minimum absolute atomic E-state index is 0.153. The molecule has 1 saturated heterocycles. The highest BCUT2D eigenvalue weighted by molar-refractivity contribution is 7.80. The Kier molecular flexibility index (Phi) is 5.14. The monoisotopic (exact) mass is 357 g/mol. The van der Waals surface area contributed by atoms with Crippen LogP contribution in [0.3, 0.4) is 0 Å². The molecule has 1 aliphatic heterocycles. The van der Waals surface area contributed by atoms with E-state index < -0.39 is 0 Å². The molecule has 1 fully saturated rings. The number of nitrogens with zero attached hydrogens (tertiary/aromatic N) is 2. The number of carbonyl (C=O) groups excluding carboxylic acids is 1. The number of benzene rings is 1. The van der Waals surface area contributed by atoms with E-state index >= 15 is 0 Å². The predicted octanol–water partition coefficient (Wildman–Crippen LogP) is 3.76. The molecular formula is C18H19N3O3S. The van der Waals surface area contributed by atoms with Gasteiger partial charge in [-0.25, -0.2) is 9.69 Å². The van der Waals surface area contributed by atoms with Crippen molar-refractivity contribution >= 4 is 29.1 Å². The molecule has 7 heteroatoms. The van der Waals surface area contributed by atoms with Gasteiger partial charge in [-0.2, -0.15) is 0 Å². The van der Waals surface area contributed by atoms with Gasteiger partial charge in [0.1, 0.15) is 11.9 Å². The Morgan fingerprint density at radius 2 is 2.04 bits per heavy atom. The number of nitrogens with one attached hydrogen (secondary N) is 1. The number of ether oxygens (including phenoxy) is 2. The minimum atomic E-state index is -0.346. The maximum absolute atomic E-state index is 12.7. The van der Waals surface area contributed by atoms with Crippen molar-refractivity contribution in [3.8, 4) is 5.75 Å². The molecule has 0 saturated carbocycles. The first kappa shape index (κ1) is 17.2. The van der Waals surface area contributed by atoms with Crippen LogP contribution in [0.5, 0.6) is 5.75 Å². The van der Waals surface area contributed by atoms with E-state index in [0.29, 0.717) is 18.0 Å². The zero-order chi connectivity index (χ0) is 17.8. The summed E-state index contributed by atoms with van der Waals surface area (Å²) in [5, 5.41) is 3.01. The van der Waals surface area contributed by atoms with E-state index in [-0.39, 0.29) is 23.4 Å². The molecular weight excluding hydrogens is 338 g/mol. The summed E-state index contributed by atoms with van der Waals surface area (Å²) >= 11 is 5.27. The molecule has 2 amide bonds. The molecule has 0 unspecified atom stereocenters. The van der Waals surface area contributed by atoms with Crippen molar-refractivity contribution in [1.29, 1.82) is 0 Å². The van der Waals surface area contributed by atoms with Gasteiger partial charge in [0, 0.05) is 12.4 Å². The van der Waals surface area contributed by atoms with Gasteiger partial charge in [-0.15, -0.1) is 0 Å². The lowest BCUT2D eigenvalue weighted by molar-refractivity contribution is 0.198. The SMILES string of the molecule is CCOc1ccccc1NC(=O)N1C(=S)O[C@@H](c2ccncc2)[C@H]1C. The summed E-state index contributed by atoms with van der Waals surface area (Å²) in [7, 11) is 0. The average Bonchev–Trinajstić information content (AvgIpc) is 2.92. The number of hydrogen-bond acceptors (Lipinski definition) is 5. The lowest BCUT2D eigenvalue weighted by atomic mass is 10.1. The Morgan fingerprint density at radius 1 is 1.32 bits per heavy atom. The summed E-state index contributed by atoms with van der Waals surface area (Å²) in [5.41, 5.74) is 1.52. The fourth-order valence-corrected chi connectivity index (χ4v) is 3.11. The van der Waals surface area contributed by atoms with E-state index in [0.717, 1.165) is 5.56 Å². The second-order valence-electron chi connectivity index (χ2n) is 5.55. The van der Waals surface area contributed by atoms with E-state index in [1.165, 1.54) is 4.90 Å². The summed E-state index contributed by atoms with van der Waals surface area (Å²) < 4.78 is 11.3. The van der Waals surface area contributed by atoms with Gasteiger partial charge >= 0.3 is 6.03 Å². The topological polar surface area (TPSA) is 63.7 Å². The first-order valence-corrected chi connectivity index (χ1v) is 8.45. The summed E-state index contributed by atoms with van der Waals surface area (Å²) in [6.45, 7) is 4.31. The molecule has 130 valence electrons. The van der Waals surface area contributed by atoms with Crippen molar-refractivity contribution in [2.45, 2.75) is 26.0 Å². The van der Waals surface area contributed by atoms with Crippen LogP contribution in [0.15, 0.2) is 48.8 Å². The third kappa shape index (κ3) is 3.56. The van der Waals surface area contributed by atoms with Gasteiger partial charge in [-0.1, -0.05) is 12.1 Å². The van der Waals surface area contributed by atoms with Crippen LogP contribution in [0.25, 0.3) is 0 Å². The van der Waals surface area contributed by atoms with Gasteiger partial charge in [-0.05, 0) is 55.9 Å². The predicted molar refractivity (Wildman–Crippen MR) is 98.6 cm³/mol. The minimum Gasteiger partial charge on any atom is -0.492 e. The standard InChI is InChI=1S/C18H19N3O3S/c1-3-23-15-7-5-4-6-14(15)20-17(22)21-12(2)16(24-18(21)25)13-8-10-19-11-9-13/h4-12,16H,3H2,1-2H3,(H,20,22)/t12-,16-/m1/s1. The highest BCUT2D eigenvalue weighted by atomic mass is 32.1.